The van der Waals surface area contributed by atoms with Gasteiger partial charge in [-0.05, 0) is 43.7 Å². The van der Waals surface area contributed by atoms with Crippen molar-refractivity contribution >= 4 is 22.9 Å². The van der Waals surface area contributed by atoms with Gasteiger partial charge < -0.3 is 15.5 Å². The van der Waals surface area contributed by atoms with Crippen LogP contribution in [0.5, 0.6) is 0 Å². The maximum absolute atomic E-state index is 13.2. The Labute approximate surface area is 172 Å². The van der Waals surface area contributed by atoms with Gasteiger partial charge in [0.2, 0.25) is 0 Å². The number of carbonyl (C=O) groups is 1. The number of aromatic nitrogens is 4. The molecule has 0 spiro atoms. The summed E-state index contributed by atoms with van der Waals surface area (Å²) in [6, 6.07) is 7.51. The van der Waals surface area contributed by atoms with Crippen LogP contribution in [0.3, 0.4) is 0 Å². The summed E-state index contributed by atoms with van der Waals surface area (Å²) in [6.07, 6.45) is -1.42. The number of aryl methyl sites for hydroxylation is 1. The first-order valence-corrected chi connectivity index (χ1v) is 9.92. The minimum Gasteiger partial charge on any atom is -0.351 e. The van der Waals surface area contributed by atoms with Gasteiger partial charge in [0.25, 0.3) is 12.3 Å². The van der Waals surface area contributed by atoms with Gasteiger partial charge in [0.15, 0.2) is 5.69 Å². The Hall–Kier alpha value is -3.01. The van der Waals surface area contributed by atoms with Gasteiger partial charge in [0.1, 0.15) is 11.5 Å². The van der Waals surface area contributed by atoms with E-state index in [0.717, 1.165) is 31.0 Å². The third kappa shape index (κ3) is 3.87. The molecule has 4 heterocycles. The first-order chi connectivity index (χ1) is 14.3. The standard InChI is InChI=1S/C20H25F2N7O/c1-12-8-23-9-13(2)28(10-12)17-7-5-14-4-6-16(29(14)25-17)20(30)24-15-11-27(3)26-18(15)19(21)22/h4-7,11-13,19,23H,8-10H2,1-3H3,(H,24,30)/t12-,13+/m1/s1. The van der Waals surface area contributed by atoms with Gasteiger partial charge in [0.05, 0.1) is 11.2 Å². The summed E-state index contributed by atoms with van der Waals surface area (Å²) < 4.78 is 29.2. The van der Waals surface area contributed by atoms with Crippen LogP contribution < -0.4 is 15.5 Å². The Bertz CT molecular complexity index is 1060. The van der Waals surface area contributed by atoms with Crippen LogP contribution in [-0.2, 0) is 7.05 Å². The van der Waals surface area contributed by atoms with E-state index in [9.17, 15) is 13.6 Å². The van der Waals surface area contributed by atoms with E-state index in [1.165, 1.54) is 17.9 Å². The first-order valence-electron chi connectivity index (χ1n) is 9.92. The van der Waals surface area contributed by atoms with Gasteiger partial charge in [-0.2, -0.15) is 5.10 Å². The molecule has 1 saturated heterocycles. The summed E-state index contributed by atoms with van der Waals surface area (Å²) in [6.45, 7) is 6.95. The fourth-order valence-electron chi connectivity index (χ4n) is 3.80. The average molecular weight is 417 g/mol. The highest BCUT2D eigenvalue weighted by Crippen LogP contribution is 2.26. The average Bonchev–Trinajstić information content (AvgIpc) is 3.23. The van der Waals surface area contributed by atoms with Crippen molar-refractivity contribution in [2.75, 3.05) is 29.9 Å². The smallest absolute Gasteiger partial charge is 0.284 e. The third-order valence-corrected chi connectivity index (χ3v) is 5.30. The molecule has 30 heavy (non-hydrogen) atoms. The maximum atomic E-state index is 13.2. The number of anilines is 2. The van der Waals surface area contributed by atoms with E-state index in [1.54, 1.807) is 16.6 Å². The molecule has 1 aliphatic heterocycles. The molecule has 0 radical (unpaired) electrons. The number of hydrogen-bond donors (Lipinski definition) is 2. The molecule has 2 N–H and O–H groups in total. The van der Waals surface area contributed by atoms with Crippen molar-refractivity contribution in [2.45, 2.75) is 26.3 Å². The third-order valence-electron chi connectivity index (χ3n) is 5.30. The van der Waals surface area contributed by atoms with E-state index < -0.39 is 18.0 Å². The van der Waals surface area contributed by atoms with Gasteiger partial charge in [-0.25, -0.2) is 13.3 Å². The molecular weight excluding hydrogens is 392 g/mol. The van der Waals surface area contributed by atoms with Gasteiger partial charge in [-0.3, -0.25) is 9.48 Å². The zero-order valence-corrected chi connectivity index (χ0v) is 17.1. The van der Waals surface area contributed by atoms with E-state index in [0.29, 0.717) is 5.92 Å². The predicted octanol–water partition coefficient (Wildman–Crippen LogP) is 2.69. The van der Waals surface area contributed by atoms with E-state index in [1.807, 2.05) is 12.1 Å². The molecular formula is C20H25F2N7O. The second-order valence-electron chi connectivity index (χ2n) is 7.87. The molecule has 0 unspecified atom stereocenters. The summed E-state index contributed by atoms with van der Waals surface area (Å²) in [5.41, 5.74) is 0.548. The highest BCUT2D eigenvalue weighted by Gasteiger charge is 2.24. The minimum absolute atomic E-state index is 0.00959. The van der Waals surface area contributed by atoms with Crippen LogP contribution in [-0.4, -0.2) is 51.0 Å². The number of rotatable bonds is 4. The summed E-state index contributed by atoms with van der Waals surface area (Å²) in [5.74, 6) is 0.706. The monoisotopic (exact) mass is 417 g/mol. The van der Waals surface area contributed by atoms with Crippen molar-refractivity contribution in [1.82, 2.24) is 24.7 Å². The van der Waals surface area contributed by atoms with E-state index in [2.05, 4.69) is 34.5 Å². The molecule has 0 bridgehead atoms. The fourth-order valence-corrected chi connectivity index (χ4v) is 3.80. The Balaban J connectivity index is 1.65. The Morgan fingerprint density at radius 1 is 1.20 bits per heavy atom. The van der Waals surface area contributed by atoms with Crippen molar-refractivity contribution in [2.24, 2.45) is 13.0 Å². The fraction of sp³-hybridized carbons (Fsp3) is 0.450. The lowest BCUT2D eigenvalue weighted by Gasteiger charge is -2.29. The summed E-state index contributed by atoms with van der Waals surface area (Å²) in [7, 11) is 1.53. The lowest BCUT2D eigenvalue weighted by atomic mass is 10.1. The minimum atomic E-state index is -2.78. The molecule has 3 aromatic heterocycles. The van der Waals surface area contributed by atoms with Crippen LogP contribution in [0.1, 0.15) is 36.5 Å². The number of carbonyl (C=O) groups excluding carboxylic acids is 1. The number of halogens is 2. The van der Waals surface area contributed by atoms with Crippen molar-refractivity contribution in [3.63, 3.8) is 0 Å². The largest absolute Gasteiger partial charge is 0.351 e. The zero-order chi connectivity index (χ0) is 21.4. The second-order valence-corrected chi connectivity index (χ2v) is 7.87. The van der Waals surface area contributed by atoms with Crippen molar-refractivity contribution in [1.29, 1.82) is 0 Å². The Kier molecular flexibility index (Phi) is 5.42. The van der Waals surface area contributed by atoms with Crippen LogP contribution in [0.4, 0.5) is 20.3 Å². The van der Waals surface area contributed by atoms with E-state index in [4.69, 9.17) is 5.10 Å². The van der Waals surface area contributed by atoms with Crippen LogP contribution in [0.2, 0.25) is 0 Å². The number of nitrogens with zero attached hydrogens (tertiary/aromatic N) is 5. The predicted molar refractivity (Wildman–Crippen MR) is 110 cm³/mol. The molecule has 1 amide bonds. The molecule has 10 heteroatoms. The maximum Gasteiger partial charge on any atom is 0.284 e. The zero-order valence-electron chi connectivity index (χ0n) is 17.1. The topological polar surface area (TPSA) is 79.5 Å². The number of alkyl halides is 2. The number of amides is 1. The molecule has 1 fully saturated rings. The van der Waals surface area contributed by atoms with Crippen LogP contribution in [0.25, 0.3) is 5.52 Å². The van der Waals surface area contributed by atoms with Gasteiger partial charge in [-0.1, -0.05) is 6.92 Å². The molecule has 4 rings (SSSR count). The SMILES string of the molecule is C[C@@H]1CNC[C@H](C)N(c2ccc3ccc(C(=O)Nc4cn(C)nc4C(F)F)n3n2)C1. The van der Waals surface area contributed by atoms with E-state index in [-0.39, 0.29) is 17.4 Å². The van der Waals surface area contributed by atoms with Crippen LogP contribution in [0, 0.1) is 5.92 Å². The highest BCUT2D eigenvalue weighted by molar-refractivity contribution is 6.04. The van der Waals surface area contributed by atoms with E-state index >= 15 is 0 Å². The quantitative estimate of drug-likeness (QED) is 0.682. The molecule has 0 saturated carbocycles. The van der Waals surface area contributed by atoms with Gasteiger partial charge in [0, 0.05) is 32.4 Å². The Morgan fingerprint density at radius 2 is 1.97 bits per heavy atom. The van der Waals surface area contributed by atoms with Gasteiger partial charge >= 0.3 is 0 Å². The summed E-state index contributed by atoms with van der Waals surface area (Å²) >= 11 is 0. The number of hydrogen-bond acceptors (Lipinski definition) is 5. The van der Waals surface area contributed by atoms with Crippen LogP contribution in [0.15, 0.2) is 30.5 Å². The summed E-state index contributed by atoms with van der Waals surface area (Å²) in [5, 5.41) is 14.4. The molecule has 0 aromatic carbocycles. The number of fused-ring (bicyclic) bond motifs is 1. The molecule has 0 aliphatic carbocycles. The first kappa shape index (κ1) is 20.3. The molecule has 160 valence electrons. The lowest BCUT2D eigenvalue weighted by Crippen LogP contribution is -2.38. The molecule has 2 atom stereocenters. The van der Waals surface area contributed by atoms with Gasteiger partial charge in [-0.15, -0.1) is 5.10 Å². The van der Waals surface area contributed by atoms with Crippen molar-refractivity contribution in [3.05, 3.63) is 41.9 Å². The highest BCUT2D eigenvalue weighted by atomic mass is 19.3. The summed E-state index contributed by atoms with van der Waals surface area (Å²) in [4.78, 5) is 15.1. The lowest BCUT2D eigenvalue weighted by molar-refractivity contribution is 0.101. The normalized spacial score (nSPS) is 20.0. The molecule has 8 nitrogen and oxygen atoms in total. The van der Waals surface area contributed by atoms with Crippen LogP contribution >= 0.6 is 0 Å². The Morgan fingerprint density at radius 3 is 2.73 bits per heavy atom. The molecule has 1 aliphatic rings. The second kappa shape index (κ2) is 8.02. The van der Waals surface area contributed by atoms with Crippen molar-refractivity contribution < 1.29 is 13.6 Å². The molecule has 3 aromatic rings. The van der Waals surface area contributed by atoms with Crippen molar-refractivity contribution in [3.8, 4) is 0 Å². The number of nitrogens with one attached hydrogen (secondary N) is 2.